The van der Waals surface area contributed by atoms with E-state index in [2.05, 4.69) is 30.3 Å². The number of ether oxygens (including phenoxy) is 3. The summed E-state index contributed by atoms with van der Waals surface area (Å²) in [6.45, 7) is 0. The Hall–Kier alpha value is -2.94. The van der Waals surface area contributed by atoms with E-state index in [-0.39, 0.29) is 12.0 Å². The quantitative estimate of drug-likeness (QED) is 0.675. The smallest absolute Gasteiger partial charge is 0.135 e. The van der Waals surface area contributed by atoms with Crippen LogP contribution < -0.4 is 14.2 Å². The molecule has 0 aliphatic carbocycles. The summed E-state index contributed by atoms with van der Waals surface area (Å²) >= 11 is 0. The predicted octanol–water partition coefficient (Wildman–Crippen LogP) is 4.97. The average Bonchev–Trinajstić information content (AvgIpc) is 3.07. The summed E-state index contributed by atoms with van der Waals surface area (Å²) in [7, 11) is 3.36. The van der Waals surface area contributed by atoms with Gasteiger partial charge in [-0.2, -0.15) is 0 Å². The molecule has 3 aromatic rings. The Morgan fingerprint density at radius 2 is 1.40 bits per heavy atom. The highest BCUT2D eigenvalue weighted by Gasteiger charge is 2.36. The summed E-state index contributed by atoms with van der Waals surface area (Å²) in [5.74, 6) is 2.68. The average molecular weight is 332 g/mol. The summed E-state index contributed by atoms with van der Waals surface area (Å²) in [5, 5.41) is 0. The van der Waals surface area contributed by atoms with Crippen LogP contribution in [0.3, 0.4) is 0 Å². The van der Waals surface area contributed by atoms with Crippen LogP contribution in [0.25, 0.3) is 0 Å². The molecule has 4 rings (SSSR count). The van der Waals surface area contributed by atoms with E-state index in [1.54, 1.807) is 14.2 Å². The van der Waals surface area contributed by atoms with Crippen LogP contribution in [0.5, 0.6) is 17.2 Å². The maximum Gasteiger partial charge on any atom is 0.135 e. The van der Waals surface area contributed by atoms with E-state index in [1.807, 2.05) is 42.5 Å². The van der Waals surface area contributed by atoms with Crippen molar-refractivity contribution in [3.8, 4) is 17.2 Å². The normalized spacial score (nSPS) is 18.3. The lowest BCUT2D eigenvalue weighted by Crippen LogP contribution is -2.11. The summed E-state index contributed by atoms with van der Waals surface area (Å²) in [6, 6.07) is 24.6. The molecule has 1 aliphatic rings. The van der Waals surface area contributed by atoms with Gasteiger partial charge in [0.25, 0.3) is 0 Å². The fourth-order valence-corrected chi connectivity index (χ4v) is 3.44. The number of hydrogen-bond donors (Lipinski definition) is 0. The maximum atomic E-state index is 6.35. The SMILES string of the molecule is COc1ccc(C2c3ccc(OC)cc3OC2c2ccccc2)cc1. The van der Waals surface area contributed by atoms with Crippen LogP contribution in [0.4, 0.5) is 0 Å². The summed E-state index contributed by atoms with van der Waals surface area (Å²) in [4.78, 5) is 0. The second-order valence-corrected chi connectivity index (χ2v) is 6.10. The number of fused-ring (bicyclic) bond motifs is 1. The van der Waals surface area contributed by atoms with Gasteiger partial charge in [-0.3, -0.25) is 0 Å². The van der Waals surface area contributed by atoms with Gasteiger partial charge in [-0.05, 0) is 29.3 Å². The first-order valence-electron chi connectivity index (χ1n) is 8.33. The third-order valence-electron chi connectivity index (χ3n) is 4.72. The molecule has 0 aromatic heterocycles. The fraction of sp³-hybridized carbons (Fsp3) is 0.182. The molecule has 0 fully saturated rings. The van der Waals surface area contributed by atoms with E-state index < -0.39 is 0 Å². The van der Waals surface area contributed by atoms with Crippen molar-refractivity contribution >= 4 is 0 Å². The van der Waals surface area contributed by atoms with E-state index in [4.69, 9.17) is 14.2 Å². The lowest BCUT2D eigenvalue weighted by Gasteiger charge is -2.20. The summed E-state index contributed by atoms with van der Waals surface area (Å²) < 4.78 is 17.0. The highest BCUT2D eigenvalue weighted by molar-refractivity contribution is 5.52. The Morgan fingerprint density at radius 1 is 0.720 bits per heavy atom. The maximum absolute atomic E-state index is 6.35. The van der Waals surface area contributed by atoms with Gasteiger partial charge in [-0.25, -0.2) is 0 Å². The van der Waals surface area contributed by atoms with Crippen LogP contribution in [-0.4, -0.2) is 14.2 Å². The third-order valence-corrected chi connectivity index (χ3v) is 4.72. The van der Waals surface area contributed by atoms with Gasteiger partial charge < -0.3 is 14.2 Å². The minimum absolute atomic E-state index is 0.0586. The molecule has 1 heterocycles. The second kappa shape index (κ2) is 6.52. The zero-order valence-electron chi connectivity index (χ0n) is 14.3. The van der Waals surface area contributed by atoms with Gasteiger partial charge in [0.2, 0.25) is 0 Å². The molecule has 25 heavy (non-hydrogen) atoms. The minimum atomic E-state index is -0.0586. The zero-order valence-corrected chi connectivity index (χ0v) is 14.3. The van der Waals surface area contributed by atoms with Crippen LogP contribution in [0.2, 0.25) is 0 Å². The van der Waals surface area contributed by atoms with Gasteiger partial charge in [-0.15, -0.1) is 0 Å². The largest absolute Gasteiger partial charge is 0.497 e. The summed E-state index contributed by atoms with van der Waals surface area (Å²) in [6.07, 6.45) is -0.0586. The molecule has 126 valence electrons. The molecule has 0 radical (unpaired) electrons. The summed E-state index contributed by atoms with van der Waals surface area (Å²) in [5.41, 5.74) is 3.55. The Labute approximate surface area is 147 Å². The molecule has 3 nitrogen and oxygen atoms in total. The molecule has 2 atom stereocenters. The van der Waals surface area contributed by atoms with E-state index in [0.717, 1.165) is 17.2 Å². The van der Waals surface area contributed by atoms with Gasteiger partial charge in [0, 0.05) is 11.6 Å². The topological polar surface area (TPSA) is 27.7 Å². The molecule has 0 saturated carbocycles. The molecule has 0 bridgehead atoms. The van der Waals surface area contributed by atoms with E-state index >= 15 is 0 Å². The number of rotatable bonds is 4. The molecule has 0 spiro atoms. The monoisotopic (exact) mass is 332 g/mol. The Kier molecular flexibility index (Phi) is 4.06. The van der Waals surface area contributed by atoms with Crippen molar-refractivity contribution in [1.82, 2.24) is 0 Å². The van der Waals surface area contributed by atoms with Crippen molar-refractivity contribution in [2.45, 2.75) is 12.0 Å². The van der Waals surface area contributed by atoms with Gasteiger partial charge in [-0.1, -0.05) is 48.5 Å². The first kappa shape index (κ1) is 15.6. The second-order valence-electron chi connectivity index (χ2n) is 6.10. The molecule has 0 amide bonds. The highest BCUT2D eigenvalue weighted by atomic mass is 16.5. The van der Waals surface area contributed by atoms with Crippen LogP contribution in [0.15, 0.2) is 72.8 Å². The number of methoxy groups -OCH3 is 2. The van der Waals surface area contributed by atoms with Crippen molar-refractivity contribution < 1.29 is 14.2 Å². The van der Waals surface area contributed by atoms with Gasteiger partial charge in [0.15, 0.2) is 0 Å². The first-order valence-corrected chi connectivity index (χ1v) is 8.33. The van der Waals surface area contributed by atoms with E-state index in [9.17, 15) is 0 Å². The van der Waals surface area contributed by atoms with Crippen molar-refractivity contribution in [1.29, 1.82) is 0 Å². The molecule has 0 N–H and O–H groups in total. The number of hydrogen-bond acceptors (Lipinski definition) is 3. The Morgan fingerprint density at radius 3 is 2.08 bits per heavy atom. The Balaban J connectivity index is 1.81. The first-order chi connectivity index (χ1) is 12.3. The molecular weight excluding hydrogens is 312 g/mol. The van der Waals surface area contributed by atoms with E-state index in [1.165, 1.54) is 16.7 Å². The highest BCUT2D eigenvalue weighted by Crippen LogP contribution is 2.50. The van der Waals surface area contributed by atoms with Crippen LogP contribution in [-0.2, 0) is 0 Å². The van der Waals surface area contributed by atoms with E-state index in [0.29, 0.717) is 0 Å². The molecule has 2 unspecified atom stereocenters. The van der Waals surface area contributed by atoms with Crippen LogP contribution >= 0.6 is 0 Å². The van der Waals surface area contributed by atoms with Gasteiger partial charge >= 0.3 is 0 Å². The lowest BCUT2D eigenvalue weighted by molar-refractivity contribution is 0.222. The third kappa shape index (κ3) is 2.82. The number of benzene rings is 3. The fourth-order valence-electron chi connectivity index (χ4n) is 3.44. The van der Waals surface area contributed by atoms with Crippen molar-refractivity contribution in [2.24, 2.45) is 0 Å². The van der Waals surface area contributed by atoms with Crippen LogP contribution in [0, 0.1) is 0 Å². The molecule has 3 heteroatoms. The standard InChI is InChI=1S/C22H20O3/c1-23-17-10-8-15(9-11-17)21-19-13-12-18(24-2)14-20(19)25-22(21)16-6-4-3-5-7-16/h3-14,21-22H,1-2H3. The van der Waals surface area contributed by atoms with Gasteiger partial charge in [0.05, 0.1) is 20.1 Å². The minimum Gasteiger partial charge on any atom is -0.497 e. The van der Waals surface area contributed by atoms with Crippen molar-refractivity contribution in [3.63, 3.8) is 0 Å². The molecule has 1 aliphatic heterocycles. The Bertz CT molecular complexity index is 856. The lowest BCUT2D eigenvalue weighted by atomic mass is 9.85. The molecular formula is C22H20O3. The van der Waals surface area contributed by atoms with Crippen molar-refractivity contribution in [2.75, 3.05) is 14.2 Å². The van der Waals surface area contributed by atoms with Crippen LogP contribution in [0.1, 0.15) is 28.7 Å². The zero-order chi connectivity index (χ0) is 17.2. The molecule has 0 saturated heterocycles. The van der Waals surface area contributed by atoms with Crippen molar-refractivity contribution in [3.05, 3.63) is 89.5 Å². The van der Waals surface area contributed by atoms with Gasteiger partial charge in [0.1, 0.15) is 23.4 Å². The predicted molar refractivity (Wildman–Crippen MR) is 97.6 cm³/mol. The molecule has 3 aromatic carbocycles.